The zero-order valence-electron chi connectivity index (χ0n) is 14.4. The average molecular weight is 296 g/mol. The van der Waals surface area contributed by atoms with Gasteiger partial charge >= 0.3 is 0 Å². The molecular formula is C20H26NO+. The second-order valence-electron chi connectivity index (χ2n) is 6.97. The van der Waals surface area contributed by atoms with Crippen molar-refractivity contribution in [2.24, 2.45) is 0 Å². The molecule has 1 heterocycles. The van der Waals surface area contributed by atoms with Gasteiger partial charge in [-0.15, -0.1) is 0 Å². The smallest absolute Gasteiger partial charge is 0.203 e. The Kier molecular flexibility index (Phi) is 3.72. The van der Waals surface area contributed by atoms with E-state index in [1.165, 1.54) is 22.1 Å². The van der Waals surface area contributed by atoms with Crippen molar-refractivity contribution in [1.82, 2.24) is 4.58 Å². The molecule has 0 saturated heterocycles. The van der Waals surface area contributed by atoms with Crippen LogP contribution in [0.1, 0.15) is 52.4 Å². The number of hydrogen-bond donors (Lipinski definition) is 0. The van der Waals surface area contributed by atoms with Gasteiger partial charge in [-0.2, -0.15) is 0 Å². The van der Waals surface area contributed by atoms with Gasteiger partial charge in [0.25, 0.3) is 0 Å². The first-order valence-electron chi connectivity index (χ1n) is 8.28. The Bertz CT molecular complexity index is 771. The molecule has 0 N–H and O–H groups in total. The van der Waals surface area contributed by atoms with Crippen molar-refractivity contribution in [3.63, 3.8) is 0 Å². The maximum atomic E-state index is 6.27. The third kappa shape index (κ3) is 2.51. The largest absolute Gasteiger partial charge is 0.456 e. The molecule has 0 bridgehead atoms. The zero-order valence-corrected chi connectivity index (χ0v) is 14.4. The molecule has 116 valence electrons. The second kappa shape index (κ2) is 5.42. The van der Waals surface area contributed by atoms with Gasteiger partial charge in [0.1, 0.15) is 24.6 Å². The lowest BCUT2D eigenvalue weighted by Gasteiger charge is -2.31. The van der Waals surface area contributed by atoms with Crippen LogP contribution in [0, 0.1) is 0 Å². The fourth-order valence-corrected chi connectivity index (χ4v) is 3.62. The summed E-state index contributed by atoms with van der Waals surface area (Å²) >= 11 is 0. The predicted octanol–water partition coefficient (Wildman–Crippen LogP) is 4.28. The van der Waals surface area contributed by atoms with Gasteiger partial charge < -0.3 is 4.42 Å². The van der Waals surface area contributed by atoms with E-state index in [1.807, 2.05) is 0 Å². The van der Waals surface area contributed by atoms with Crippen LogP contribution in [0.15, 0.2) is 34.3 Å². The van der Waals surface area contributed by atoms with Crippen molar-refractivity contribution in [3.8, 4) is 11.3 Å². The minimum Gasteiger partial charge on any atom is -0.456 e. The van der Waals surface area contributed by atoms with Crippen LogP contribution in [-0.4, -0.2) is 13.1 Å². The normalized spacial score (nSPS) is 16.3. The molecular weight excluding hydrogens is 270 g/mol. The molecule has 22 heavy (non-hydrogen) atoms. The lowest BCUT2D eigenvalue weighted by molar-refractivity contribution is 0.462. The summed E-state index contributed by atoms with van der Waals surface area (Å²) < 4.78 is 8.61. The van der Waals surface area contributed by atoms with E-state index in [0.29, 0.717) is 0 Å². The van der Waals surface area contributed by atoms with Crippen molar-refractivity contribution >= 4 is 6.08 Å². The summed E-state index contributed by atoms with van der Waals surface area (Å²) in [5.74, 6) is 2.00. The van der Waals surface area contributed by atoms with Crippen LogP contribution in [0.25, 0.3) is 17.4 Å². The molecule has 0 aromatic heterocycles. The topological polar surface area (TPSA) is 16.1 Å². The van der Waals surface area contributed by atoms with E-state index < -0.39 is 0 Å². The molecule has 0 aromatic carbocycles. The van der Waals surface area contributed by atoms with Crippen molar-refractivity contribution < 1.29 is 4.42 Å². The highest BCUT2D eigenvalue weighted by molar-refractivity contribution is 5.66. The molecule has 3 rings (SSSR count). The van der Waals surface area contributed by atoms with E-state index in [-0.39, 0.29) is 5.41 Å². The highest BCUT2D eigenvalue weighted by Gasteiger charge is 2.30. The molecule has 2 aliphatic carbocycles. The Balaban J connectivity index is 2.27. The SMILES string of the molecule is CC[N+](CC)=c1ccc2cc3c(oc-2c1)C=C(C)CC3(C)C. The highest BCUT2D eigenvalue weighted by atomic mass is 16.3. The molecule has 0 saturated carbocycles. The molecule has 0 aromatic rings. The van der Waals surface area contributed by atoms with Gasteiger partial charge in [0.15, 0.2) is 0 Å². The van der Waals surface area contributed by atoms with Gasteiger partial charge in [0.2, 0.25) is 5.36 Å². The number of benzene rings is 1. The lowest BCUT2D eigenvalue weighted by atomic mass is 9.75. The summed E-state index contributed by atoms with van der Waals surface area (Å²) in [6, 6.07) is 8.87. The lowest BCUT2D eigenvalue weighted by Crippen LogP contribution is -2.29. The predicted molar refractivity (Wildman–Crippen MR) is 93.0 cm³/mol. The monoisotopic (exact) mass is 296 g/mol. The molecule has 0 spiro atoms. The van der Waals surface area contributed by atoms with E-state index in [4.69, 9.17) is 4.42 Å². The minimum atomic E-state index is 0.142. The summed E-state index contributed by atoms with van der Waals surface area (Å²) in [7, 11) is 0. The van der Waals surface area contributed by atoms with Gasteiger partial charge in [-0.25, -0.2) is 4.58 Å². The number of rotatable bonds is 2. The fraction of sp³-hybridized carbons (Fsp3) is 0.450. The quantitative estimate of drug-likeness (QED) is 0.755. The molecule has 0 radical (unpaired) electrons. The first-order chi connectivity index (χ1) is 10.4. The fourth-order valence-electron chi connectivity index (χ4n) is 3.62. The number of fused-ring (bicyclic) bond motifs is 2. The maximum Gasteiger partial charge on any atom is 0.203 e. The summed E-state index contributed by atoms with van der Waals surface area (Å²) in [5, 5.41) is 1.23. The van der Waals surface area contributed by atoms with Gasteiger partial charge in [0.05, 0.1) is 6.07 Å². The Labute approximate surface area is 133 Å². The standard InChI is InChI=1S/C20H26NO/c1-6-21(7-2)16-9-8-15-11-17-19(22-18(15)12-16)10-14(3)13-20(17,4)5/h8-12H,6-7,13H2,1-5H3/q+1. The minimum absolute atomic E-state index is 0.142. The average Bonchev–Trinajstić information content (AvgIpc) is 2.46. The zero-order chi connectivity index (χ0) is 15.9. The number of allylic oxidation sites excluding steroid dienone is 1. The first-order valence-corrected chi connectivity index (χ1v) is 8.28. The summed E-state index contributed by atoms with van der Waals surface area (Å²) in [6.45, 7) is 13.2. The van der Waals surface area contributed by atoms with Gasteiger partial charge in [-0.05, 0) is 50.8 Å². The van der Waals surface area contributed by atoms with E-state index in [2.05, 4.69) is 69.5 Å². The first kappa shape index (κ1) is 15.1. The van der Waals surface area contributed by atoms with Crippen LogP contribution in [0.2, 0.25) is 0 Å². The second-order valence-corrected chi connectivity index (χ2v) is 6.97. The van der Waals surface area contributed by atoms with Gasteiger partial charge in [-0.3, -0.25) is 0 Å². The number of nitrogens with zero attached hydrogens (tertiary/aromatic N) is 1. The number of hydrogen-bond acceptors (Lipinski definition) is 1. The van der Waals surface area contributed by atoms with E-state index in [9.17, 15) is 0 Å². The summed E-state index contributed by atoms with van der Waals surface area (Å²) in [6.07, 6.45) is 3.29. The third-order valence-corrected chi connectivity index (χ3v) is 4.74. The van der Waals surface area contributed by atoms with Crippen molar-refractivity contribution in [2.75, 3.05) is 13.1 Å². The van der Waals surface area contributed by atoms with Gasteiger partial charge in [-0.1, -0.05) is 19.4 Å². The van der Waals surface area contributed by atoms with E-state index in [0.717, 1.165) is 31.0 Å². The Hall–Kier alpha value is -1.83. The van der Waals surface area contributed by atoms with Crippen molar-refractivity contribution in [3.05, 3.63) is 46.5 Å². The summed E-state index contributed by atoms with van der Waals surface area (Å²) in [4.78, 5) is 0. The molecule has 0 amide bonds. The Morgan fingerprint density at radius 2 is 1.86 bits per heavy atom. The van der Waals surface area contributed by atoms with Crippen LogP contribution < -0.4 is 9.93 Å². The van der Waals surface area contributed by atoms with Crippen LogP contribution in [0.3, 0.4) is 0 Å². The molecule has 2 nitrogen and oxygen atoms in total. The molecule has 0 atom stereocenters. The van der Waals surface area contributed by atoms with Crippen molar-refractivity contribution in [2.45, 2.75) is 46.5 Å². The maximum absolute atomic E-state index is 6.27. The molecule has 3 aliphatic rings. The summed E-state index contributed by atoms with van der Waals surface area (Å²) in [5.41, 5.74) is 4.04. The van der Waals surface area contributed by atoms with Crippen LogP contribution in [0.4, 0.5) is 0 Å². The molecule has 0 fully saturated rings. The van der Waals surface area contributed by atoms with Crippen molar-refractivity contribution in [1.29, 1.82) is 0 Å². The molecule has 0 unspecified atom stereocenters. The molecule has 1 aliphatic heterocycles. The van der Waals surface area contributed by atoms with E-state index >= 15 is 0 Å². The Morgan fingerprint density at radius 1 is 1.14 bits per heavy atom. The van der Waals surface area contributed by atoms with Gasteiger partial charge in [0, 0.05) is 17.2 Å². The third-order valence-electron chi connectivity index (χ3n) is 4.74. The van der Waals surface area contributed by atoms with Crippen LogP contribution >= 0.6 is 0 Å². The Morgan fingerprint density at radius 3 is 2.55 bits per heavy atom. The van der Waals surface area contributed by atoms with E-state index in [1.54, 1.807) is 0 Å². The van der Waals surface area contributed by atoms with Crippen LogP contribution in [0.5, 0.6) is 0 Å². The highest BCUT2D eigenvalue weighted by Crippen LogP contribution is 2.41. The van der Waals surface area contributed by atoms with Crippen LogP contribution in [-0.2, 0) is 5.41 Å². The molecule has 2 heteroatoms.